The van der Waals surface area contributed by atoms with Gasteiger partial charge in [0.15, 0.2) is 0 Å². The van der Waals surface area contributed by atoms with Crippen LogP contribution in [0.3, 0.4) is 0 Å². The van der Waals surface area contributed by atoms with E-state index in [1.165, 1.54) is 4.68 Å². The molecule has 18 nitrogen and oxygen atoms in total. The van der Waals surface area contributed by atoms with E-state index in [9.17, 15) is 32.4 Å². The van der Waals surface area contributed by atoms with Crippen LogP contribution in [0.15, 0.2) is 5.16 Å². The van der Waals surface area contributed by atoms with Gasteiger partial charge in [-0.15, -0.1) is 0 Å². The summed E-state index contributed by atoms with van der Waals surface area (Å²) in [6.07, 6.45) is 6.43. The molecule has 0 aliphatic carbocycles. The van der Waals surface area contributed by atoms with Gasteiger partial charge in [-0.2, -0.15) is 11.8 Å². The van der Waals surface area contributed by atoms with Crippen molar-refractivity contribution in [3.63, 3.8) is 0 Å². The zero-order chi connectivity index (χ0) is 38.0. The van der Waals surface area contributed by atoms with Crippen LogP contribution in [0.5, 0.6) is 0 Å². The van der Waals surface area contributed by atoms with Gasteiger partial charge in [0.25, 0.3) is 5.16 Å². The highest BCUT2D eigenvalue weighted by molar-refractivity contribution is 8.00. The minimum atomic E-state index is -3.89. The number of sulfone groups is 1. The number of nitrogens with zero attached hydrogens (tertiary/aromatic N) is 4. The highest BCUT2D eigenvalue weighted by Crippen LogP contribution is 2.33. The number of rotatable bonds is 24. The summed E-state index contributed by atoms with van der Waals surface area (Å²) in [7, 11) is -3.89. The molecule has 294 valence electrons. The molecule has 0 unspecified atom stereocenters. The van der Waals surface area contributed by atoms with E-state index < -0.39 is 33.2 Å². The van der Waals surface area contributed by atoms with Gasteiger partial charge in [0.2, 0.25) is 27.6 Å². The van der Waals surface area contributed by atoms with Crippen molar-refractivity contribution in [1.29, 1.82) is 0 Å². The van der Waals surface area contributed by atoms with E-state index in [1.807, 2.05) is 11.8 Å². The first-order valence-electron chi connectivity index (χ1n) is 18.2. The predicted octanol–water partition coefficient (Wildman–Crippen LogP) is 1.17. The van der Waals surface area contributed by atoms with E-state index in [2.05, 4.69) is 47.4 Å². The maximum Gasteiger partial charge on any atom is 0.407 e. The number of ether oxygens (including phenoxy) is 1. The summed E-state index contributed by atoms with van der Waals surface area (Å²) in [5.74, 6) is -0.0449. The molecule has 20 heteroatoms. The van der Waals surface area contributed by atoms with Crippen LogP contribution in [0, 0.1) is 0 Å². The molecule has 52 heavy (non-hydrogen) atoms. The van der Waals surface area contributed by atoms with Gasteiger partial charge in [0.1, 0.15) is 5.60 Å². The fourth-order valence-electron chi connectivity index (χ4n) is 5.67. The van der Waals surface area contributed by atoms with Crippen LogP contribution in [-0.2, 0) is 35.5 Å². The lowest BCUT2D eigenvalue weighted by Gasteiger charge is -2.19. The van der Waals surface area contributed by atoms with Gasteiger partial charge in [-0.25, -0.2) is 22.7 Å². The van der Waals surface area contributed by atoms with Crippen LogP contribution in [0.25, 0.3) is 0 Å². The fourth-order valence-corrected chi connectivity index (χ4v) is 8.46. The van der Waals surface area contributed by atoms with Gasteiger partial charge in [-0.05, 0) is 82.6 Å². The molecule has 1 aromatic heterocycles. The molecule has 3 rings (SSSR count). The molecule has 2 aliphatic rings. The molecule has 3 atom stereocenters. The Balaban J connectivity index is 1.17. The van der Waals surface area contributed by atoms with Gasteiger partial charge in [-0.3, -0.25) is 14.4 Å². The lowest BCUT2D eigenvalue weighted by atomic mass is 10.0. The molecule has 0 saturated carbocycles. The summed E-state index contributed by atoms with van der Waals surface area (Å²) in [4.78, 5) is 59.5. The summed E-state index contributed by atoms with van der Waals surface area (Å²) in [5.41, 5.74) is -0.581. The average molecular weight is 773 g/mol. The van der Waals surface area contributed by atoms with Crippen LogP contribution in [0.4, 0.5) is 9.59 Å². The Morgan fingerprint density at radius 3 is 2.12 bits per heavy atom. The Kier molecular flexibility index (Phi) is 17.9. The number of hydrogen-bond donors (Lipinski definition) is 6. The highest BCUT2D eigenvalue weighted by atomic mass is 32.2. The Morgan fingerprint density at radius 2 is 1.44 bits per heavy atom. The number of unbranched alkanes of at least 4 members (excludes halogenated alkanes) is 4. The van der Waals surface area contributed by atoms with Crippen LogP contribution in [0.2, 0.25) is 0 Å². The summed E-state index contributed by atoms with van der Waals surface area (Å²) in [6.45, 7) is 7.23. The number of urea groups is 1. The molecule has 2 fully saturated rings. The number of carbonyl (C=O) groups is 5. The van der Waals surface area contributed by atoms with Crippen LogP contribution in [-0.4, -0.2) is 119 Å². The van der Waals surface area contributed by atoms with Crippen molar-refractivity contribution in [3.8, 4) is 0 Å². The van der Waals surface area contributed by atoms with Crippen molar-refractivity contribution in [3.05, 3.63) is 0 Å². The van der Waals surface area contributed by atoms with E-state index in [0.29, 0.717) is 63.5 Å². The molecule has 0 aromatic carbocycles. The smallest absolute Gasteiger partial charge is 0.407 e. The number of nitrogens with one attached hydrogen (secondary N) is 6. The first-order valence-corrected chi connectivity index (χ1v) is 20.9. The van der Waals surface area contributed by atoms with E-state index in [1.54, 1.807) is 20.8 Å². The lowest BCUT2D eigenvalue weighted by molar-refractivity contribution is -0.122. The number of fused-ring (bicyclic) bond motifs is 1. The van der Waals surface area contributed by atoms with Crippen molar-refractivity contribution >= 4 is 51.4 Å². The van der Waals surface area contributed by atoms with E-state index in [0.717, 1.165) is 37.9 Å². The summed E-state index contributed by atoms with van der Waals surface area (Å²) in [5, 5.41) is 28.1. The quantitative estimate of drug-likeness (QED) is 0.0641. The normalized spacial score (nSPS) is 18.2. The van der Waals surface area contributed by atoms with E-state index >= 15 is 0 Å². The number of aromatic nitrogens is 4. The fraction of sp³-hybridized carbons (Fsp3) is 0.812. The second-order valence-electron chi connectivity index (χ2n) is 14.0. The van der Waals surface area contributed by atoms with Crippen molar-refractivity contribution in [1.82, 2.24) is 52.1 Å². The van der Waals surface area contributed by atoms with Crippen molar-refractivity contribution < 1.29 is 37.1 Å². The largest absolute Gasteiger partial charge is 0.444 e. The number of tetrazole rings is 1. The third-order valence-electron chi connectivity index (χ3n) is 8.32. The second kappa shape index (κ2) is 21.8. The van der Waals surface area contributed by atoms with E-state index in [4.69, 9.17) is 4.74 Å². The molecule has 2 saturated heterocycles. The third kappa shape index (κ3) is 16.3. The van der Waals surface area contributed by atoms with Gasteiger partial charge >= 0.3 is 12.1 Å². The van der Waals surface area contributed by atoms with Gasteiger partial charge in [0, 0.05) is 63.0 Å². The molecule has 0 bridgehead atoms. The van der Waals surface area contributed by atoms with Crippen LogP contribution >= 0.6 is 11.8 Å². The van der Waals surface area contributed by atoms with Crippen LogP contribution < -0.4 is 31.9 Å². The lowest BCUT2D eigenvalue weighted by Crippen LogP contribution is -2.36. The van der Waals surface area contributed by atoms with Gasteiger partial charge in [-0.1, -0.05) is 11.5 Å². The molecule has 6 amide bonds. The number of hydrogen-bond acceptors (Lipinski definition) is 12. The molecule has 3 heterocycles. The Labute approximate surface area is 310 Å². The molecule has 6 N–H and O–H groups in total. The monoisotopic (exact) mass is 772 g/mol. The third-order valence-corrected chi connectivity index (χ3v) is 11.4. The minimum absolute atomic E-state index is 0.00818. The maximum absolute atomic E-state index is 12.9. The standard InChI is InChI=1S/C32H56N10O8S2/c1-32(2,3)50-31(47)36-19-11-14-26(44)34-17-8-9-18-35-27(45)15-21-52(48,49)30-39-40-41-42(30)20-10-4-7-16-33-25(43)13-6-5-12-24-28-23(22-51-24)37-29(46)38-28/h23-24,28H,4-22H2,1-3H3,(H,33,43)(H,34,44)(H,35,45)(H,36,47)(H2,37,38,46)/t23-,24-,28-/m0/s1. The zero-order valence-electron chi connectivity index (χ0n) is 30.5. The number of amides is 6. The first-order chi connectivity index (χ1) is 24.7. The molecule has 0 radical (unpaired) electrons. The first kappa shape index (κ1) is 42.7. The molecular formula is C32H56N10O8S2. The topological polar surface area (TPSA) is 244 Å². The molecular weight excluding hydrogens is 717 g/mol. The number of aryl methyl sites for hydroxylation is 1. The summed E-state index contributed by atoms with van der Waals surface area (Å²) < 4.78 is 32.1. The molecule has 1 aromatic rings. The number of carbonyl (C=O) groups excluding carboxylic acids is 5. The Bertz CT molecular complexity index is 1440. The minimum Gasteiger partial charge on any atom is -0.444 e. The van der Waals surface area contributed by atoms with Gasteiger partial charge < -0.3 is 36.6 Å². The van der Waals surface area contributed by atoms with Crippen molar-refractivity contribution in [2.24, 2.45) is 0 Å². The highest BCUT2D eigenvalue weighted by Gasteiger charge is 2.42. The maximum atomic E-state index is 12.9. The van der Waals surface area contributed by atoms with E-state index in [-0.39, 0.29) is 54.5 Å². The molecule has 0 spiro atoms. The zero-order valence-corrected chi connectivity index (χ0v) is 32.2. The number of thioether (sulfide) groups is 1. The van der Waals surface area contributed by atoms with Crippen molar-refractivity contribution in [2.45, 2.75) is 132 Å². The average Bonchev–Trinajstić information content (AvgIpc) is 3.80. The number of alkyl carbamates (subject to hydrolysis) is 1. The predicted molar refractivity (Wildman–Crippen MR) is 194 cm³/mol. The Morgan fingerprint density at radius 1 is 0.827 bits per heavy atom. The van der Waals surface area contributed by atoms with Gasteiger partial charge in [0.05, 0.1) is 17.8 Å². The van der Waals surface area contributed by atoms with Crippen LogP contribution in [0.1, 0.15) is 97.8 Å². The molecule has 2 aliphatic heterocycles. The van der Waals surface area contributed by atoms with Crippen molar-refractivity contribution in [2.75, 3.05) is 37.7 Å². The SMILES string of the molecule is CC(C)(C)OC(=O)NCCCC(=O)NCCCCNC(=O)CCS(=O)(=O)c1nnnn1CCCCCNC(=O)CCCC[C@@H]1SC[C@@H]2NC(=O)N[C@@H]21. The second-order valence-corrected chi connectivity index (χ2v) is 17.2. The Hall–Kier alpha value is -3.68. The summed E-state index contributed by atoms with van der Waals surface area (Å²) >= 11 is 1.87. The summed E-state index contributed by atoms with van der Waals surface area (Å²) in [6, 6.07) is 0.298.